The highest BCUT2D eigenvalue weighted by Crippen LogP contribution is 0.151. The van der Waals surface area contributed by atoms with Gasteiger partial charge in [-0.2, -0.15) is 0 Å². The maximum atomic E-state index is 5.88. The van der Waals surface area contributed by atoms with Crippen LogP contribution in [0.3, 0.4) is 0 Å². The van der Waals surface area contributed by atoms with Gasteiger partial charge in [0.25, 0.3) is 0 Å². The van der Waals surface area contributed by atoms with Gasteiger partial charge >= 0.3 is 0 Å². The molecule has 0 nitrogen and oxygen atoms in total. The van der Waals surface area contributed by atoms with Crippen LogP contribution in [0.25, 0.3) is 0 Å². The molecule has 0 saturated heterocycles. The van der Waals surface area contributed by atoms with E-state index in [4.69, 9.17) is 2.74 Å². The van der Waals surface area contributed by atoms with Crippen molar-refractivity contribution < 1.29 is 2.74 Å². The van der Waals surface area contributed by atoms with E-state index in [2.05, 4.69) is 0 Å². The summed E-state index contributed by atoms with van der Waals surface area (Å²) in [5.74, 6) is 0. The summed E-state index contributed by atoms with van der Waals surface area (Å²) in [5.41, 5.74) is 0. The maximum absolute atomic E-state index is 5.88. The van der Waals surface area contributed by atoms with Crippen molar-refractivity contribution in [1.29, 1.82) is 0 Å². The molecular weight excluding hydrogens is 96.1 g/mol. The van der Waals surface area contributed by atoms with Crippen LogP contribution in [-0.4, -0.2) is 0 Å². The predicted molar refractivity (Wildman–Crippen MR) is 53.8 cm³/mol. The molecule has 0 unspecified atom stereocenters. The Labute approximate surface area is 63.1 Å². The van der Waals surface area contributed by atoms with Gasteiger partial charge < -0.3 is 0 Å². The van der Waals surface area contributed by atoms with Crippen molar-refractivity contribution in [2.75, 3.05) is 0 Å². The van der Waals surface area contributed by atoms with Gasteiger partial charge in [-0.3, -0.25) is 0 Å². The molecule has 0 heterocycles. The van der Waals surface area contributed by atoms with Crippen molar-refractivity contribution in [3.05, 3.63) is 0 Å². The molecule has 0 aliphatic rings. The second-order valence-electron chi connectivity index (χ2n) is 0. The van der Waals surface area contributed by atoms with E-state index in [0.29, 0.717) is 0 Å². The Bertz CT molecular complexity index is 7.22. The van der Waals surface area contributed by atoms with Crippen molar-refractivity contribution in [1.82, 2.24) is 0 Å². The zero-order chi connectivity index (χ0) is 2.71. The molecular formula is C8H32. The van der Waals surface area contributed by atoms with Gasteiger partial charge in [-0.25, -0.2) is 0 Å². The largest absolute Gasteiger partial charge is 0.0776 e. The Morgan fingerprint density at radius 1 is 0.500 bits per heavy atom. The summed E-state index contributed by atoms with van der Waals surface area (Å²) in [7, 11) is -0.250. The molecule has 0 N–H and O–H groups in total. The monoisotopic (exact) mass is 132 g/mol. The van der Waals surface area contributed by atoms with Crippen LogP contribution in [0.2, 0.25) is 0 Å². The first kappa shape index (κ1) is 98.0. The van der Waals surface area contributed by atoms with Gasteiger partial charge in [0.05, 0.1) is 0 Å². The van der Waals surface area contributed by atoms with Crippen molar-refractivity contribution in [3.63, 3.8) is 0 Å². The molecule has 0 rings (SSSR count). The highest BCUT2D eigenvalue weighted by atomic mass is 12.0. The lowest BCUT2D eigenvalue weighted by Crippen LogP contribution is 0.143. The second-order valence-corrected chi connectivity index (χ2v) is 0. The molecule has 8 heavy (non-hydrogen) atoms. The van der Waals surface area contributed by atoms with Crippen molar-refractivity contribution >= 4 is 0 Å². The number of rotatable bonds is 0. The summed E-state index contributed by atoms with van der Waals surface area (Å²) in [4.78, 5) is 0. The van der Waals surface area contributed by atoms with Crippen LogP contribution in [0.5, 0.6) is 0 Å². The lowest BCUT2D eigenvalue weighted by molar-refractivity contribution is 2.50. The Balaban J connectivity index is -0.000000000952. The summed E-state index contributed by atoms with van der Waals surface area (Å²) < 4.78 is 11.8. The lowest BCUT2D eigenvalue weighted by Gasteiger charge is -0.0786. The third-order valence-electron chi connectivity index (χ3n) is 0. The molecule has 0 fully saturated rings. The average molecular weight is 132 g/mol. The van der Waals surface area contributed by atoms with Crippen LogP contribution >= 0.6 is 0 Å². The summed E-state index contributed by atoms with van der Waals surface area (Å²) >= 11 is 0. The molecule has 0 radical (unpaired) electrons. The summed E-state index contributed by atoms with van der Waals surface area (Å²) in [5, 5.41) is 0. The third-order valence-corrected chi connectivity index (χ3v) is 0. The van der Waals surface area contributed by atoms with E-state index in [9.17, 15) is 0 Å². The quantitative estimate of drug-likeness (QED) is 0.431. The zero-order valence-corrected chi connectivity index (χ0v) is 0.707. The summed E-state index contributed by atoms with van der Waals surface area (Å²) in [6.45, 7) is 0. The first-order valence-electron chi connectivity index (χ1n) is 1.41. The van der Waals surface area contributed by atoms with E-state index in [1.165, 1.54) is 0 Å². The molecule has 0 heteroatoms. The molecule has 0 saturated carbocycles. The van der Waals surface area contributed by atoms with E-state index in [1.807, 2.05) is 0 Å². The van der Waals surface area contributed by atoms with E-state index in [0.717, 1.165) is 0 Å². The van der Waals surface area contributed by atoms with Crippen LogP contribution in [0.4, 0.5) is 0 Å². The highest BCUT2D eigenvalue weighted by Gasteiger charge is -0.0706. The molecule has 0 aromatic carbocycles. The minimum Gasteiger partial charge on any atom is -0.0776 e. The molecule has 0 aromatic rings. The summed E-state index contributed by atoms with van der Waals surface area (Å²) in [6, 6.07) is 0. The van der Waals surface area contributed by atoms with Gasteiger partial charge in [-0.15, -0.1) is 0 Å². The van der Waals surface area contributed by atoms with Gasteiger partial charge in [0.15, 0.2) is 0 Å². The van der Waals surface area contributed by atoms with Gasteiger partial charge in [0.2, 0.25) is 0 Å². The number of hydrogen-bond donors (Lipinski definition) is 0. The van der Waals surface area contributed by atoms with Gasteiger partial charge in [-0.05, 0) is 0 Å². The minimum atomic E-state index is -0.250. The third kappa shape index (κ3) is 0. The minimum absolute atomic E-state index is 0. The molecule has 0 amide bonds. The fourth-order valence-corrected chi connectivity index (χ4v) is 0. The first-order chi connectivity index (χ1) is 1.41. The van der Waals surface area contributed by atoms with Crippen LogP contribution in [0.1, 0.15) is 62.1 Å². The SMILES string of the molecule is C.C.C.C.C.C.C.[3H]C[3H]. The zero-order valence-electron chi connectivity index (χ0n) is 2.71. The standard InChI is InChI=1S/8CH4/h8*1H4/i1T2;;;;;;;. The second kappa shape index (κ2) is 0. The van der Waals surface area contributed by atoms with Gasteiger partial charge in [0, 0.05) is 2.74 Å². The molecule has 64 valence electrons. The Hall–Kier alpha value is 0. The van der Waals surface area contributed by atoms with E-state index < -0.39 is 0 Å². The lowest BCUT2D eigenvalue weighted by atomic mass is 12.0. The molecule has 0 aromatic heterocycles. The summed E-state index contributed by atoms with van der Waals surface area (Å²) in [6.07, 6.45) is 0. The maximum Gasteiger partial charge on any atom is 0.0194 e. The Morgan fingerprint density at radius 3 is 0.500 bits per heavy atom. The Kier molecular flexibility index (Phi) is 0. The fraction of sp³-hybridized carbons (Fsp3) is 1.00. The molecule has 0 aliphatic heterocycles. The molecule has 0 spiro atoms. The average Bonchev–Trinajstić information content (AvgIpc) is 0.918. The van der Waals surface area contributed by atoms with Crippen molar-refractivity contribution in [2.45, 2.75) is 59.4 Å². The molecule has 0 aliphatic carbocycles. The highest BCUT2D eigenvalue weighted by molar-refractivity contribution is 2.51. The fourth-order valence-electron chi connectivity index (χ4n) is 0. The Morgan fingerprint density at radius 2 is 0.500 bits per heavy atom. The topological polar surface area (TPSA) is 0 Å². The van der Waals surface area contributed by atoms with Crippen LogP contribution in [0, 0.1) is 0 Å². The number of hydrogen-bond acceptors (Lipinski definition) is 0. The van der Waals surface area contributed by atoms with Crippen LogP contribution in [0.15, 0.2) is 0 Å². The molecule has 0 bridgehead atoms. The predicted octanol–water partition coefficient (Wildman–Crippen LogP) is 5.09. The smallest absolute Gasteiger partial charge is 0.0194 e. The van der Waals surface area contributed by atoms with E-state index in [1.54, 1.807) is 0 Å². The first-order valence-corrected chi connectivity index (χ1v) is 0. The van der Waals surface area contributed by atoms with Crippen LogP contribution in [-0.2, 0) is 0 Å². The van der Waals surface area contributed by atoms with Gasteiger partial charge in [-0.1, -0.05) is 59.4 Å². The van der Waals surface area contributed by atoms with E-state index in [-0.39, 0.29) is 59.4 Å². The van der Waals surface area contributed by atoms with E-state index >= 15 is 0 Å². The van der Waals surface area contributed by atoms with Crippen molar-refractivity contribution in [3.8, 4) is 0 Å². The molecule has 0 atom stereocenters. The van der Waals surface area contributed by atoms with Crippen molar-refractivity contribution in [2.24, 2.45) is 0 Å². The van der Waals surface area contributed by atoms with Crippen LogP contribution < -0.4 is 0 Å². The normalized spacial score (nSPS) is 2.50. The van der Waals surface area contributed by atoms with Gasteiger partial charge in [0.1, 0.15) is 0 Å².